The van der Waals surface area contributed by atoms with Gasteiger partial charge in [-0.2, -0.15) is 0 Å². The molecule has 0 saturated carbocycles. The highest BCUT2D eigenvalue weighted by Gasteiger charge is 2.39. The molecule has 0 aliphatic heterocycles. The molecule has 0 saturated heterocycles. The van der Waals surface area contributed by atoms with E-state index in [1.807, 2.05) is 6.92 Å². The van der Waals surface area contributed by atoms with Gasteiger partial charge in [0.05, 0.1) is 23.4 Å². The van der Waals surface area contributed by atoms with Gasteiger partial charge in [-0.15, -0.1) is 0 Å². The minimum atomic E-state index is -1.05. The SMILES string of the molecule is COCC1(C)CCc2nc(-c3cc(F)c(O)c(F)c3)ccc2C1=O. The third kappa shape index (κ3) is 2.67. The van der Waals surface area contributed by atoms with Crippen LogP contribution in [0.25, 0.3) is 11.3 Å². The summed E-state index contributed by atoms with van der Waals surface area (Å²) < 4.78 is 32.2. The summed E-state index contributed by atoms with van der Waals surface area (Å²) >= 11 is 0. The molecule has 4 nitrogen and oxygen atoms in total. The number of nitrogens with zero attached hydrogens (tertiary/aromatic N) is 1. The van der Waals surface area contributed by atoms with E-state index in [2.05, 4.69) is 4.98 Å². The lowest BCUT2D eigenvalue weighted by Crippen LogP contribution is -2.37. The Balaban J connectivity index is 2.01. The van der Waals surface area contributed by atoms with Gasteiger partial charge >= 0.3 is 0 Å². The number of hydrogen-bond acceptors (Lipinski definition) is 4. The van der Waals surface area contributed by atoms with E-state index in [0.29, 0.717) is 36.4 Å². The highest BCUT2D eigenvalue weighted by molar-refractivity contribution is 6.02. The Kier molecular flexibility index (Phi) is 4.09. The van der Waals surface area contributed by atoms with E-state index in [1.54, 1.807) is 19.2 Å². The first kappa shape index (κ1) is 16.5. The van der Waals surface area contributed by atoms with Crippen molar-refractivity contribution in [3.8, 4) is 17.0 Å². The maximum absolute atomic E-state index is 13.5. The molecule has 3 rings (SSSR count). The Morgan fingerprint density at radius 3 is 2.58 bits per heavy atom. The molecule has 126 valence electrons. The average molecular weight is 333 g/mol. The number of ketones is 1. The van der Waals surface area contributed by atoms with Crippen LogP contribution >= 0.6 is 0 Å². The van der Waals surface area contributed by atoms with E-state index < -0.39 is 22.8 Å². The van der Waals surface area contributed by atoms with Crippen molar-refractivity contribution in [2.45, 2.75) is 19.8 Å². The molecule has 6 heteroatoms. The van der Waals surface area contributed by atoms with Gasteiger partial charge in [0, 0.05) is 18.2 Å². The summed E-state index contributed by atoms with van der Waals surface area (Å²) in [5, 5.41) is 9.19. The van der Waals surface area contributed by atoms with Crippen LogP contribution in [0.15, 0.2) is 24.3 Å². The van der Waals surface area contributed by atoms with Gasteiger partial charge in [0.1, 0.15) is 0 Å². The number of ether oxygens (including phenoxy) is 1. The number of phenols is 1. The summed E-state index contributed by atoms with van der Waals surface area (Å²) in [6.07, 6.45) is 1.18. The number of aromatic hydroxyl groups is 1. The first-order chi connectivity index (χ1) is 11.4. The molecule has 0 spiro atoms. The van der Waals surface area contributed by atoms with Gasteiger partial charge in [-0.05, 0) is 37.1 Å². The Morgan fingerprint density at radius 2 is 1.96 bits per heavy atom. The van der Waals surface area contributed by atoms with Gasteiger partial charge < -0.3 is 9.84 Å². The Bertz CT molecular complexity index is 799. The standard InChI is InChI=1S/C18H17F2NO3/c1-18(9-24-2)6-5-15-11(17(18)23)3-4-14(21-15)10-7-12(19)16(22)13(20)8-10/h3-4,7-8,22H,5-6,9H2,1-2H3. The minimum Gasteiger partial charge on any atom is -0.503 e. The number of aromatic nitrogens is 1. The van der Waals surface area contributed by atoms with Gasteiger partial charge in [-0.1, -0.05) is 6.92 Å². The van der Waals surface area contributed by atoms with Crippen molar-refractivity contribution in [2.24, 2.45) is 5.41 Å². The number of aryl methyl sites for hydroxylation is 1. The Morgan fingerprint density at radius 1 is 1.29 bits per heavy atom. The molecule has 1 aliphatic carbocycles. The average Bonchev–Trinajstić information content (AvgIpc) is 2.56. The molecule has 1 unspecified atom stereocenters. The quantitative estimate of drug-likeness (QED) is 0.934. The van der Waals surface area contributed by atoms with Crippen molar-refractivity contribution < 1.29 is 23.4 Å². The van der Waals surface area contributed by atoms with Gasteiger partial charge in [0.2, 0.25) is 0 Å². The number of halogens is 2. The molecule has 0 amide bonds. The van der Waals surface area contributed by atoms with Crippen molar-refractivity contribution in [1.82, 2.24) is 4.98 Å². The molecule has 0 bridgehead atoms. The van der Waals surface area contributed by atoms with Crippen LogP contribution < -0.4 is 0 Å². The van der Waals surface area contributed by atoms with Crippen molar-refractivity contribution >= 4 is 5.78 Å². The first-order valence-corrected chi connectivity index (χ1v) is 7.58. The number of benzene rings is 1. The predicted octanol–water partition coefficient (Wildman–Crippen LogP) is 3.51. The summed E-state index contributed by atoms with van der Waals surface area (Å²) in [4.78, 5) is 17.1. The number of rotatable bonds is 3. The third-order valence-corrected chi connectivity index (χ3v) is 4.46. The predicted molar refractivity (Wildman–Crippen MR) is 83.9 cm³/mol. The van der Waals surface area contributed by atoms with Crippen molar-refractivity contribution in [2.75, 3.05) is 13.7 Å². The number of carbonyl (C=O) groups is 1. The van der Waals surface area contributed by atoms with Crippen LogP contribution in [-0.2, 0) is 11.2 Å². The fraction of sp³-hybridized carbons (Fsp3) is 0.333. The molecule has 0 radical (unpaired) electrons. The van der Waals surface area contributed by atoms with E-state index in [0.717, 1.165) is 12.1 Å². The summed E-state index contributed by atoms with van der Waals surface area (Å²) in [7, 11) is 1.56. The zero-order valence-corrected chi connectivity index (χ0v) is 13.4. The van der Waals surface area contributed by atoms with Crippen molar-refractivity contribution in [3.05, 3.63) is 47.2 Å². The van der Waals surface area contributed by atoms with Gasteiger partial charge in [-0.25, -0.2) is 8.78 Å². The van der Waals surface area contributed by atoms with Crippen LogP contribution in [0, 0.1) is 17.0 Å². The molecule has 1 heterocycles. The number of pyridine rings is 1. The summed E-state index contributed by atoms with van der Waals surface area (Å²) in [5.74, 6) is -3.14. The lowest BCUT2D eigenvalue weighted by Gasteiger charge is -2.32. The lowest BCUT2D eigenvalue weighted by atomic mass is 9.73. The van der Waals surface area contributed by atoms with Crippen LogP contribution in [-0.4, -0.2) is 29.6 Å². The molecular weight excluding hydrogens is 316 g/mol. The number of methoxy groups -OCH3 is 1. The van der Waals surface area contributed by atoms with Gasteiger partial charge in [-0.3, -0.25) is 9.78 Å². The van der Waals surface area contributed by atoms with Gasteiger partial charge in [0.25, 0.3) is 0 Å². The van der Waals surface area contributed by atoms with Crippen LogP contribution in [0.1, 0.15) is 29.4 Å². The van der Waals surface area contributed by atoms with E-state index in [-0.39, 0.29) is 11.3 Å². The zero-order chi connectivity index (χ0) is 17.5. The first-order valence-electron chi connectivity index (χ1n) is 7.58. The molecule has 1 aromatic heterocycles. The number of phenolic OH excluding ortho intramolecular Hbond substituents is 1. The van der Waals surface area contributed by atoms with Crippen molar-refractivity contribution in [3.63, 3.8) is 0 Å². The number of Topliss-reactive ketones (excluding diaryl/α,β-unsaturated/α-hetero) is 1. The Labute approximate surface area is 138 Å². The van der Waals surface area contributed by atoms with E-state index in [9.17, 15) is 18.7 Å². The fourth-order valence-corrected chi connectivity index (χ4v) is 3.06. The largest absolute Gasteiger partial charge is 0.503 e. The second kappa shape index (κ2) is 5.94. The zero-order valence-electron chi connectivity index (χ0n) is 13.4. The molecule has 1 aromatic carbocycles. The maximum atomic E-state index is 13.5. The maximum Gasteiger partial charge on any atom is 0.187 e. The highest BCUT2D eigenvalue weighted by Crippen LogP contribution is 2.36. The number of carbonyl (C=O) groups excluding carboxylic acids is 1. The molecule has 1 atom stereocenters. The van der Waals surface area contributed by atoms with Crippen molar-refractivity contribution in [1.29, 1.82) is 0 Å². The molecule has 1 N–H and O–H groups in total. The molecule has 24 heavy (non-hydrogen) atoms. The second-order valence-electron chi connectivity index (χ2n) is 6.30. The molecule has 0 fully saturated rings. The van der Waals surface area contributed by atoms with Crippen LogP contribution in [0.4, 0.5) is 8.78 Å². The lowest BCUT2D eigenvalue weighted by molar-refractivity contribution is 0.0528. The molecular formula is C18H17F2NO3. The van der Waals surface area contributed by atoms with E-state index in [4.69, 9.17) is 4.74 Å². The highest BCUT2D eigenvalue weighted by atomic mass is 19.1. The minimum absolute atomic E-state index is 0.0345. The smallest absolute Gasteiger partial charge is 0.187 e. The van der Waals surface area contributed by atoms with Crippen LogP contribution in [0.5, 0.6) is 5.75 Å². The molecule has 2 aromatic rings. The monoisotopic (exact) mass is 333 g/mol. The van der Waals surface area contributed by atoms with E-state index in [1.165, 1.54) is 0 Å². The summed E-state index contributed by atoms with van der Waals surface area (Å²) in [5.41, 5.74) is 1.11. The number of hydrogen-bond donors (Lipinski definition) is 1. The van der Waals surface area contributed by atoms with Crippen LogP contribution in [0.3, 0.4) is 0 Å². The topological polar surface area (TPSA) is 59.4 Å². The fourth-order valence-electron chi connectivity index (χ4n) is 3.06. The summed E-state index contributed by atoms with van der Waals surface area (Å²) in [6.45, 7) is 2.20. The third-order valence-electron chi connectivity index (χ3n) is 4.46. The number of fused-ring (bicyclic) bond motifs is 1. The van der Waals surface area contributed by atoms with E-state index >= 15 is 0 Å². The van der Waals surface area contributed by atoms with Crippen LogP contribution in [0.2, 0.25) is 0 Å². The summed E-state index contributed by atoms with van der Waals surface area (Å²) in [6, 6.07) is 5.23. The van der Waals surface area contributed by atoms with Gasteiger partial charge in [0.15, 0.2) is 23.2 Å². The molecule has 1 aliphatic rings. The normalized spacial score (nSPS) is 20.1. The second-order valence-corrected chi connectivity index (χ2v) is 6.30. The Hall–Kier alpha value is -2.34.